The highest BCUT2D eigenvalue weighted by atomic mass is 32.2. The van der Waals surface area contributed by atoms with E-state index in [0.717, 1.165) is 18.2 Å². The number of nitrogens with one attached hydrogen (secondary N) is 2. The Morgan fingerprint density at radius 1 is 1.06 bits per heavy atom. The largest absolute Gasteiger partial charge is 0.350 e. The molecule has 0 spiro atoms. The minimum Gasteiger partial charge on any atom is -0.350 e. The monoisotopic (exact) mass is 445 g/mol. The van der Waals surface area contributed by atoms with E-state index in [-0.39, 0.29) is 30.8 Å². The summed E-state index contributed by atoms with van der Waals surface area (Å²) in [6, 6.07) is 14.1. The molecule has 0 aromatic heterocycles. The fourth-order valence-corrected chi connectivity index (χ4v) is 4.12. The predicted octanol–water partition coefficient (Wildman–Crippen LogP) is 3.71. The summed E-state index contributed by atoms with van der Waals surface area (Å²) in [5.74, 6) is -0.518. The van der Waals surface area contributed by atoms with Crippen LogP contribution in [0.5, 0.6) is 0 Å². The van der Waals surface area contributed by atoms with Gasteiger partial charge >= 0.3 is 0 Å². The normalized spacial score (nSPS) is 12.1. The van der Waals surface area contributed by atoms with E-state index in [1.54, 1.807) is 36.4 Å². The van der Waals surface area contributed by atoms with Crippen molar-refractivity contribution in [3.8, 4) is 0 Å². The maximum absolute atomic E-state index is 12.5. The molecule has 0 bridgehead atoms. The summed E-state index contributed by atoms with van der Waals surface area (Å²) in [5.41, 5.74) is 2.29. The molecule has 31 heavy (non-hydrogen) atoms. The van der Waals surface area contributed by atoms with E-state index < -0.39 is 10.0 Å². The first-order valence-corrected chi connectivity index (χ1v) is 12.2. The number of hydrogen-bond acceptors (Lipinski definition) is 4. The van der Waals surface area contributed by atoms with Crippen LogP contribution in [0, 0.1) is 6.92 Å². The number of benzene rings is 2. The second-order valence-corrected chi connectivity index (χ2v) is 9.51. The van der Waals surface area contributed by atoms with Crippen LogP contribution in [0.3, 0.4) is 0 Å². The lowest BCUT2D eigenvalue weighted by Gasteiger charge is -2.24. The third-order valence-corrected chi connectivity index (χ3v) is 6.17. The molecule has 0 heterocycles. The molecule has 2 amide bonds. The average molecular weight is 446 g/mol. The first-order valence-electron chi connectivity index (χ1n) is 10.4. The molecule has 0 saturated heterocycles. The molecule has 2 rings (SSSR count). The van der Waals surface area contributed by atoms with E-state index >= 15 is 0 Å². The molecule has 0 aliphatic heterocycles. The van der Waals surface area contributed by atoms with Crippen molar-refractivity contribution in [2.45, 2.75) is 46.1 Å². The number of amides is 2. The quantitative estimate of drug-likeness (QED) is 0.583. The van der Waals surface area contributed by atoms with Crippen LogP contribution in [0.25, 0.3) is 0 Å². The highest BCUT2D eigenvalue weighted by Crippen LogP contribution is 2.23. The maximum Gasteiger partial charge on any atom is 0.253 e. The molecule has 1 atom stereocenters. The van der Waals surface area contributed by atoms with Gasteiger partial charge in [-0.25, -0.2) is 8.42 Å². The summed E-state index contributed by atoms with van der Waals surface area (Å²) in [4.78, 5) is 25.0. The third-order valence-electron chi connectivity index (χ3n) is 4.99. The van der Waals surface area contributed by atoms with Gasteiger partial charge in [-0.05, 0) is 50.5 Å². The van der Waals surface area contributed by atoms with Crippen molar-refractivity contribution in [1.29, 1.82) is 0 Å². The summed E-state index contributed by atoms with van der Waals surface area (Å²) in [6.45, 7) is 5.94. The molecule has 0 aliphatic carbocycles. The average Bonchev–Trinajstić information content (AvgIpc) is 2.71. The smallest absolute Gasteiger partial charge is 0.253 e. The topological polar surface area (TPSA) is 95.6 Å². The van der Waals surface area contributed by atoms with Crippen LogP contribution in [0.4, 0.5) is 11.4 Å². The van der Waals surface area contributed by atoms with Crippen LogP contribution in [-0.4, -0.2) is 39.1 Å². The summed E-state index contributed by atoms with van der Waals surface area (Å²) >= 11 is 0. The van der Waals surface area contributed by atoms with Crippen molar-refractivity contribution in [1.82, 2.24) is 5.32 Å². The van der Waals surface area contributed by atoms with E-state index in [1.165, 1.54) is 4.31 Å². The number of carbonyl (C=O) groups is 2. The van der Waals surface area contributed by atoms with Crippen LogP contribution < -0.4 is 14.9 Å². The van der Waals surface area contributed by atoms with Gasteiger partial charge in [0.15, 0.2) is 0 Å². The first kappa shape index (κ1) is 24.4. The van der Waals surface area contributed by atoms with Gasteiger partial charge < -0.3 is 10.6 Å². The first-order chi connectivity index (χ1) is 14.6. The fraction of sp³-hybridized carbons (Fsp3) is 0.391. The molecule has 168 valence electrons. The van der Waals surface area contributed by atoms with Gasteiger partial charge in [-0.2, -0.15) is 0 Å². The molecule has 2 aromatic carbocycles. The van der Waals surface area contributed by atoms with Crippen LogP contribution in [0.15, 0.2) is 48.5 Å². The Balaban J connectivity index is 2.02. The SMILES string of the molecule is CC[C@@H](C)NC(=O)c1ccccc1NC(=O)CCCN(c1ccccc1C)S(C)(=O)=O. The highest BCUT2D eigenvalue weighted by molar-refractivity contribution is 7.92. The molecular weight excluding hydrogens is 414 g/mol. The zero-order valence-corrected chi connectivity index (χ0v) is 19.3. The molecule has 0 radical (unpaired) electrons. The van der Waals surface area contributed by atoms with Crippen LogP contribution in [0.1, 0.15) is 49.0 Å². The van der Waals surface area contributed by atoms with Gasteiger partial charge in [0.2, 0.25) is 15.9 Å². The van der Waals surface area contributed by atoms with Gasteiger partial charge in [-0.15, -0.1) is 0 Å². The van der Waals surface area contributed by atoms with E-state index in [1.807, 2.05) is 32.9 Å². The number of para-hydroxylation sites is 2. The van der Waals surface area contributed by atoms with Crippen LogP contribution in [-0.2, 0) is 14.8 Å². The Labute approximate surface area is 184 Å². The Morgan fingerprint density at radius 2 is 1.71 bits per heavy atom. The molecule has 8 heteroatoms. The van der Waals surface area contributed by atoms with Crippen LogP contribution in [0.2, 0.25) is 0 Å². The summed E-state index contributed by atoms with van der Waals surface area (Å²) in [6.07, 6.45) is 2.43. The van der Waals surface area contributed by atoms with Crippen LogP contribution >= 0.6 is 0 Å². The van der Waals surface area contributed by atoms with E-state index in [2.05, 4.69) is 10.6 Å². The number of anilines is 2. The molecule has 0 aliphatic rings. The van der Waals surface area contributed by atoms with E-state index in [9.17, 15) is 18.0 Å². The summed E-state index contributed by atoms with van der Waals surface area (Å²) < 4.78 is 25.9. The fourth-order valence-electron chi connectivity index (χ4n) is 3.10. The molecule has 2 aromatic rings. The highest BCUT2D eigenvalue weighted by Gasteiger charge is 2.19. The minimum absolute atomic E-state index is 0.0275. The van der Waals surface area contributed by atoms with Gasteiger partial charge in [0.05, 0.1) is 23.2 Å². The van der Waals surface area contributed by atoms with Gasteiger partial charge in [-0.3, -0.25) is 13.9 Å². The Hall–Kier alpha value is -2.87. The third kappa shape index (κ3) is 7.10. The number of carbonyl (C=O) groups excluding carboxylic acids is 2. The molecule has 0 fully saturated rings. The zero-order valence-electron chi connectivity index (χ0n) is 18.5. The Morgan fingerprint density at radius 3 is 2.35 bits per heavy atom. The molecule has 0 saturated carbocycles. The lowest BCUT2D eigenvalue weighted by molar-refractivity contribution is -0.116. The lowest BCUT2D eigenvalue weighted by atomic mass is 10.1. The summed E-state index contributed by atoms with van der Waals surface area (Å²) in [5, 5.41) is 5.67. The van der Waals surface area contributed by atoms with Crippen molar-refractivity contribution < 1.29 is 18.0 Å². The Kier molecular flexibility index (Phi) is 8.62. The predicted molar refractivity (Wildman–Crippen MR) is 125 cm³/mol. The van der Waals surface area contributed by atoms with E-state index in [0.29, 0.717) is 23.4 Å². The van der Waals surface area contributed by atoms with Crippen molar-refractivity contribution in [2.24, 2.45) is 0 Å². The summed E-state index contributed by atoms with van der Waals surface area (Å²) in [7, 11) is -3.48. The number of hydrogen-bond donors (Lipinski definition) is 2. The van der Waals surface area contributed by atoms with Gasteiger partial charge in [0.25, 0.3) is 5.91 Å². The van der Waals surface area contributed by atoms with Gasteiger partial charge in [0, 0.05) is 19.0 Å². The van der Waals surface area contributed by atoms with Crippen molar-refractivity contribution in [2.75, 3.05) is 22.4 Å². The second-order valence-electron chi connectivity index (χ2n) is 7.60. The van der Waals surface area contributed by atoms with Crippen molar-refractivity contribution in [3.63, 3.8) is 0 Å². The molecular formula is C23H31N3O4S. The lowest BCUT2D eigenvalue weighted by Crippen LogP contribution is -2.33. The zero-order chi connectivity index (χ0) is 23.0. The number of aryl methyl sites for hydroxylation is 1. The van der Waals surface area contributed by atoms with Gasteiger partial charge in [0.1, 0.15) is 0 Å². The van der Waals surface area contributed by atoms with Gasteiger partial charge in [-0.1, -0.05) is 37.3 Å². The number of rotatable bonds is 10. The van der Waals surface area contributed by atoms with E-state index in [4.69, 9.17) is 0 Å². The Bertz CT molecular complexity index is 1020. The number of sulfonamides is 1. The van der Waals surface area contributed by atoms with Crippen molar-refractivity contribution in [3.05, 3.63) is 59.7 Å². The van der Waals surface area contributed by atoms with Crippen molar-refractivity contribution >= 4 is 33.2 Å². The standard InChI is InChI=1S/C23H31N3O4S/c1-5-18(3)24-23(28)19-12-7-8-13-20(19)25-22(27)15-10-16-26(31(4,29)30)21-14-9-6-11-17(21)2/h6-9,11-14,18H,5,10,15-16H2,1-4H3,(H,24,28)(H,25,27)/t18-/m1/s1. The number of nitrogens with zero attached hydrogens (tertiary/aromatic N) is 1. The minimum atomic E-state index is -3.48. The molecule has 2 N–H and O–H groups in total. The molecule has 7 nitrogen and oxygen atoms in total. The second kappa shape index (κ2) is 10.9. The molecule has 0 unspecified atom stereocenters. The maximum atomic E-state index is 12.5.